The number of hydrogen-bond acceptors (Lipinski definition) is 2. The molecule has 0 saturated heterocycles. The first-order valence-corrected chi connectivity index (χ1v) is 5.89. The Balaban J connectivity index is 2.63. The molecule has 82 valence electrons. The second-order valence-corrected chi connectivity index (χ2v) is 5.12. The van der Waals surface area contributed by atoms with Crippen molar-refractivity contribution in [3.8, 4) is 0 Å². The maximum atomic E-state index is 10.7. The van der Waals surface area contributed by atoms with Crippen molar-refractivity contribution in [3.05, 3.63) is 39.9 Å². The van der Waals surface area contributed by atoms with Gasteiger partial charge >= 0.3 is 0 Å². The summed E-state index contributed by atoms with van der Waals surface area (Å²) in [5.74, 6) is 0. The topological polar surface area (TPSA) is 43.1 Å². The zero-order valence-electron chi connectivity index (χ0n) is 8.65. The minimum atomic E-state index is -0.313. The summed E-state index contributed by atoms with van der Waals surface area (Å²) in [6.45, 7) is 2.08. The van der Waals surface area contributed by atoms with Crippen LogP contribution in [0.1, 0.15) is 25.3 Å². The molecule has 0 aliphatic heterocycles. The Labute approximate surface area is 97.8 Å². The lowest BCUT2D eigenvalue weighted by Gasteiger charge is -2.04. The standard InChI is InChI=1S/C11H14BrNO2/c1-9(12)5-4-7-10-6-2-3-8-11(10)13(14)15/h2-3,6,8-9H,4-5,7H2,1H3. The molecule has 15 heavy (non-hydrogen) atoms. The predicted octanol–water partition coefficient (Wildman–Crippen LogP) is 3.70. The van der Waals surface area contributed by atoms with E-state index < -0.39 is 0 Å². The van der Waals surface area contributed by atoms with Gasteiger partial charge in [-0.25, -0.2) is 0 Å². The van der Waals surface area contributed by atoms with Crippen LogP contribution < -0.4 is 0 Å². The fourth-order valence-electron chi connectivity index (χ4n) is 1.47. The Hall–Kier alpha value is -0.900. The number of para-hydroxylation sites is 1. The third-order valence-corrected chi connectivity index (χ3v) is 2.69. The molecular weight excluding hydrogens is 258 g/mol. The molecule has 0 radical (unpaired) electrons. The molecule has 0 saturated carbocycles. The second-order valence-electron chi connectivity index (χ2n) is 3.56. The summed E-state index contributed by atoms with van der Waals surface area (Å²) in [6.07, 6.45) is 2.77. The molecule has 3 nitrogen and oxygen atoms in total. The number of benzene rings is 1. The van der Waals surface area contributed by atoms with E-state index in [9.17, 15) is 10.1 Å². The molecule has 1 unspecified atom stereocenters. The van der Waals surface area contributed by atoms with E-state index in [-0.39, 0.29) is 10.6 Å². The zero-order chi connectivity index (χ0) is 11.3. The van der Waals surface area contributed by atoms with Gasteiger partial charge in [0.2, 0.25) is 0 Å². The number of nitrogens with zero attached hydrogens (tertiary/aromatic N) is 1. The van der Waals surface area contributed by atoms with Gasteiger partial charge in [0.1, 0.15) is 0 Å². The summed E-state index contributed by atoms with van der Waals surface area (Å²) in [6, 6.07) is 6.94. The second kappa shape index (κ2) is 5.85. The van der Waals surface area contributed by atoms with Crippen molar-refractivity contribution >= 4 is 21.6 Å². The summed E-state index contributed by atoms with van der Waals surface area (Å²) >= 11 is 3.46. The van der Waals surface area contributed by atoms with E-state index in [0.717, 1.165) is 24.8 Å². The van der Waals surface area contributed by atoms with E-state index in [2.05, 4.69) is 22.9 Å². The van der Waals surface area contributed by atoms with Gasteiger partial charge in [-0.1, -0.05) is 41.1 Å². The van der Waals surface area contributed by atoms with E-state index >= 15 is 0 Å². The average Bonchev–Trinajstić information content (AvgIpc) is 2.17. The number of alkyl halides is 1. The van der Waals surface area contributed by atoms with Gasteiger partial charge in [-0.05, 0) is 19.3 Å². The molecule has 0 aliphatic rings. The largest absolute Gasteiger partial charge is 0.272 e. The molecule has 0 aromatic heterocycles. The molecule has 1 atom stereocenters. The molecule has 0 heterocycles. The molecule has 0 bridgehead atoms. The van der Waals surface area contributed by atoms with Crippen molar-refractivity contribution in [2.45, 2.75) is 31.0 Å². The average molecular weight is 272 g/mol. The van der Waals surface area contributed by atoms with Crippen molar-refractivity contribution in [2.75, 3.05) is 0 Å². The SMILES string of the molecule is CC(Br)CCCc1ccccc1[N+](=O)[O-]. The van der Waals surface area contributed by atoms with Crippen molar-refractivity contribution in [1.82, 2.24) is 0 Å². The molecule has 4 heteroatoms. The van der Waals surface area contributed by atoms with Gasteiger partial charge in [-0.15, -0.1) is 0 Å². The van der Waals surface area contributed by atoms with Crippen LogP contribution in [0.15, 0.2) is 24.3 Å². The van der Waals surface area contributed by atoms with E-state index in [0.29, 0.717) is 4.83 Å². The molecule has 1 aromatic carbocycles. The highest BCUT2D eigenvalue weighted by molar-refractivity contribution is 9.09. The van der Waals surface area contributed by atoms with Crippen LogP contribution in [0.2, 0.25) is 0 Å². The third-order valence-electron chi connectivity index (χ3n) is 2.24. The summed E-state index contributed by atoms with van der Waals surface area (Å²) < 4.78 is 0. The highest BCUT2D eigenvalue weighted by Crippen LogP contribution is 2.20. The molecule has 0 amide bonds. The first kappa shape index (κ1) is 12.2. The third kappa shape index (κ3) is 4.00. The lowest BCUT2D eigenvalue weighted by atomic mass is 10.1. The summed E-state index contributed by atoms with van der Waals surface area (Å²) in [4.78, 5) is 10.9. The van der Waals surface area contributed by atoms with Crippen molar-refractivity contribution in [2.24, 2.45) is 0 Å². The minimum Gasteiger partial charge on any atom is -0.258 e. The van der Waals surface area contributed by atoms with Gasteiger partial charge in [0.15, 0.2) is 0 Å². The normalized spacial score (nSPS) is 12.4. The number of nitro groups is 1. The maximum absolute atomic E-state index is 10.7. The van der Waals surface area contributed by atoms with Crippen molar-refractivity contribution in [3.63, 3.8) is 0 Å². The quantitative estimate of drug-likeness (QED) is 0.466. The molecule has 0 fully saturated rings. The lowest BCUT2D eigenvalue weighted by molar-refractivity contribution is -0.385. The molecule has 1 rings (SSSR count). The monoisotopic (exact) mass is 271 g/mol. The van der Waals surface area contributed by atoms with Crippen LogP contribution in [-0.2, 0) is 6.42 Å². The Morgan fingerprint density at radius 2 is 2.13 bits per heavy atom. The highest BCUT2D eigenvalue weighted by atomic mass is 79.9. The van der Waals surface area contributed by atoms with Gasteiger partial charge in [0.05, 0.1) is 4.92 Å². The first-order valence-electron chi connectivity index (χ1n) is 4.97. The Morgan fingerprint density at radius 1 is 1.47 bits per heavy atom. The number of halogens is 1. The van der Waals surface area contributed by atoms with Gasteiger partial charge in [-0.2, -0.15) is 0 Å². The van der Waals surface area contributed by atoms with Gasteiger partial charge in [0, 0.05) is 16.5 Å². The van der Waals surface area contributed by atoms with E-state index in [1.807, 2.05) is 12.1 Å². The number of nitro benzene ring substituents is 1. The van der Waals surface area contributed by atoms with E-state index in [4.69, 9.17) is 0 Å². The van der Waals surface area contributed by atoms with Gasteiger partial charge < -0.3 is 0 Å². The predicted molar refractivity (Wildman–Crippen MR) is 64.4 cm³/mol. The van der Waals surface area contributed by atoms with Crippen LogP contribution >= 0.6 is 15.9 Å². The zero-order valence-corrected chi connectivity index (χ0v) is 10.2. The Morgan fingerprint density at radius 3 is 2.73 bits per heavy atom. The number of hydrogen-bond donors (Lipinski definition) is 0. The van der Waals surface area contributed by atoms with Crippen LogP contribution in [0.25, 0.3) is 0 Å². The Kier molecular flexibility index (Phi) is 4.75. The van der Waals surface area contributed by atoms with Gasteiger partial charge in [0.25, 0.3) is 5.69 Å². The number of aryl methyl sites for hydroxylation is 1. The van der Waals surface area contributed by atoms with Crippen LogP contribution in [0.3, 0.4) is 0 Å². The van der Waals surface area contributed by atoms with E-state index in [1.54, 1.807) is 12.1 Å². The smallest absolute Gasteiger partial charge is 0.258 e. The maximum Gasteiger partial charge on any atom is 0.272 e. The van der Waals surface area contributed by atoms with Crippen LogP contribution in [-0.4, -0.2) is 9.75 Å². The summed E-state index contributed by atoms with van der Waals surface area (Å²) in [5.41, 5.74) is 1.07. The summed E-state index contributed by atoms with van der Waals surface area (Å²) in [5, 5.41) is 10.7. The highest BCUT2D eigenvalue weighted by Gasteiger charge is 2.11. The fraction of sp³-hybridized carbons (Fsp3) is 0.455. The van der Waals surface area contributed by atoms with Gasteiger partial charge in [-0.3, -0.25) is 10.1 Å². The fourth-order valence-corrected chi connectivity index (χ4v) is 1.80. The lowest BCUT2D eigenvalue weighted by Crippen LogP contribution is -1.97. The number of rotatable bonds is 5. The molecule has 0 N–H and O–H groups in total. The minimum absolute atomic E-state index is 0.236. The van der Waals surface area contributed by atoms with Crippen molar-refractivity contribution < 1.29 is 4.92 Å². The van der Waals surface area contributed by atoms with Crippen molar-refractivity contribution in [1.29, 1.82) is 0 Å². The Bertz CT molecular complexity index is 339. The van der Waals surface area contributed by atoms with E-state index in [1.165, 1.54) is 0 Å². The summed E-state index contributed by atoms with van der Waals surface area (Å²) in [7, 11) is 0. The van der Waals surface area contributed by atoms with Crippen LogP contribution in [0, 0.1) is 10.1 Å². The molecule has 0 aliphatic carbocycles. The first-order chi connectivity index (χ1) is 7.11. The molecule has 0 spiro atoms. The van der Waals surface area contributed by atoms with Crippen LogP contribution in [0.5, 0.6) is 0 Å². The van der Waals surface area contributed by atoms with Crippen LogP contribution in [0.4, 0.5) is 5.69 Å². The molecule has 1 aromatic rings. The molecular formula is C11H14BrNO2.